The molecule has 0 saturated heterocycles. The highest BCUT2D eigenvalue weighted by molar-refractivity contribution is 5.28. The first-order chi connectivity index (χ1) is 9.20. The molecule has 1 aromatic carbocycles. The first-order valence-corrected chi connectivity index (χ1v) is 6.25. The molecule has 19 heavy (non-hydrogen) atoms. The number of aryl methyl sites for hydroxylation is 1. The van der Waals surface area contributed by atoms with Crippen LogP contribution in [0.25, 0.3) is 0 Å². The molecule has 0 bridgehead atoms. The van der Waals surface area contributed by atoms with Crippen molar-refractivity contribution in [2.24, 2.45) is 0 Å². The molecule has 0 aliphatic carbocycles. The molecule has 4 nitrogen and oxygen atoms in total. The summed E-state index contributed by atoms with van der Waals surface area (Å²) in [5, 5.41) is 22.4. The molecular weight excluding hydrogens is 240 g/mol. The first-order valence-electron chi connectivity index (χ1n) is 6.25. The van der Waals surface area contributed by atoms with Crippen LogP contribution in [0.1, 0.15) is 23.0 Å². The summed E-state index contributed by atoms with van der Waals surface area (Å²) in [6.07, 6.45) is 0. The number of aromatic hydroxyl groups is 1. The van der Waals surface area contributed by atoms with Gasteiger partial charge in [-0.05, 0) is 24.6 Å². The van der Waals surface area contributed by atoms with Crippen molar-refractivity contribution in [3.8, 4) is 5.75 Å². The van der Waals surface area contributed by atoms with E-state index >= 15 is 0 Å². The Bertz CT molecular complexity index is 529. The van der Waals surface area contributed by atoms with Gasteiger partial charge in [-0.15, -0.1) is 0 Å². The molecule has 2 aromatic rings. The van der Waals surface area contributed by atoms with Gasteiger partial charge in [-0.1, -0.05) is 30.3 Å². The van der Waals surface area contributed by atoms with Gasteiger partial charge in [0.2, 0.25) is 0 Å². The van der Waals surface area contributed by atoms with Crippen molar-refractivity contribution in [2.45, 2.75) is 19.5 Å². The second kappa shape index (κ2) is 6.31. The summed E-state index contributed by atoms with van der Waals surface area (Å²) in [4.78, 5) is 4.28. The van der Waals surface area contributed by atoms with Crippen LogP contribution < -0.4 is 5.32 Å². The highest BCUT2D eigenvalue weighted by atomic mass is 16.3. The third-order valence-corrected chi connectivity index (χ3v) is 2.99. The highest BCUT2D eigenvalue weighted by Gasteiger charge is 2.11. The van der Waals surface area contributed by atoms with Gasteiger partial charge < -0.3 is 15.5 Å². The van der Waals surface area contributed by atoms with E-state index in [1.54, 1.807) is 12.1 Å². The molecule has 0 aliphatic heterocycles. The van der Waals surface area contributed by atoms with Gasteiger partial charge in [0.15, 0.2) is 0 Å². The van der Waals surface area contributed by atoms with E-state index in [2.05, 4.69) is 10.3 Å². The van der Waals surface area contributed by atoms with Crippen molar-refractivity contribution in [3.63, 3.8) is 0 Å². The fourth-order valence-electron chi connectivity index (χ4n) is 1.93. The molecule has 0 fully saturated rings. The lowest BCUT2D eigenvalue weighted by Gasteiger charge is -2.17. The Labute approximate surface area is 112 Å². The molecule has 0 aliphatic rings. The Morgan fingerprint density at radius 1 is 1.16 bits per heavy atom. The zero-order chi connectivity index (χ0) is 13.7. The summed E-state index contributed by atoms with van der Waals surface area (Å²) >= 11 is 0. The van der Waals surface area contributed by atoms with Gasteiger partial charge in [-0.25, -0.2) is 0 Å². The number of aliphatic hydroxyl groups excluding tert-OH is 1. The molecule has 3 N–H and O–H groups in total. The lowest BCUT2D eigenvalue weighted by molar-refractivity contribution is 0.243. The maximum absolute atomic E-state index is 9.73. The van der Waals surface area contributed by atoms with Crippen LogP contribution in [-0.2, 0) is 6.54 Å². The number of aromatic nitrogens is 1. The summed E-state index contributed by atoms with van der Waals surface area (Å²) in [5.74, 6) is 0.169. The van der Waals surface area contributed by atoms with Crippen LogP contribution in [0, 0.1) is 6.92 Å². The SMILES string of the molecule is Cc1ccc(O)c(CN[C@@H](CO)c2ccccc2)n1. The number of pyridine rings is 1. The van der Waals surface area contributed by atoms with E-state index in [-0.39, 0.29) is 18.4 Å². The minimum absolute atomic E-state index is 0.00338. The predicted molar refractivity (Wildman–Crippen MR) is 73.7 cm³/mol. The Hall–Kier alpha value is -1.91. The molecule has 0 saturated carbocycles. The topological polar surface area (TPSA) is 65.4 Å². The van der Waals surface area contributed by atoms with Gasteiger partial charge in [-0.3, -0.25) is 4.98 Å². The van der Waals surface area contributed by atoms with Gasteiger partial charge in [0, 0.05) is 12.2 Å². The second-order valence-electron chi connectivity index (χ2n) is 4.45. The van der Waals surface area contributed by atoms with Crippen molar-refractivity contribution in [1.82, 2.24) is 10.3 Å². The average Bonchev–Trinajstić information content (AvgIpc) is 2.44. The molecular formula is C15H18N2O2. The molecule has 1 aromatic heterocycles. The Balaban J connectivity index is 2.06. The summed E-state index contributed by atoms with van der Waals surface area (Å²) in [6, 6.07) is 12.9. The summed E-state index contributed by atoms with van der Waals surface area (Å²) < 4.78 is 0. The number of benzene rings is 1. The largest absolute Gasteiger partial charge is 0.506 e. The second-order valence-corrected chi connectivity index (χ2v) is 4.45. The van der Waals surface area contributed by atoms with Gasteiger partial charge >= 0.3 is 0 Å². The summed E-state index contributed by atoms with van der Waals surface area (Å²) in [6.45, 7) is 2.29. The monoisotopic (exact) mass is 258 g/mol. The van der Waals surface area contributed by atoms with Crippen LogP contribution in [0.5, 0.6) is 5.75 Å². The van der Waals surface area contributed by atoms with Crippen LogP contribution in [0.4, 0.5) is 0 Å². The van der Waals surface area contributed by atoms with E-state index in [0.717, 1.165) is 11.3 Å². The average molecular weight is 258 g/mol. The molecule has 0 amide bonds. The third-order valence-electron chi connectivity index (χ3n) is 2.99. The number of hydrogen-bond acceptors (Lipinski definition) is 4. The van der Waals surface area contributed by atoms with E-state index in [1.807, 2.05) is 37.3 Å². The standard InChI is InChI=1S/C15H18N2O2/c1-11-7-8-15(19)13(17-11)9-16-14(10-18)12-5-3-2-4-6-12/h2-8,14,16,18-19H,9-10H2,1H3/t14-/m0/s1. The summed E-state index contributed by atoms with van der Waals surface area (Å²) in [7, 11) is 0. The van der Waals surface area contributed by atoms with Crippen molar-refractivity contribution in [1.29, 1.82) is 0 Å². The van der Waals surface area contributed by atoms with Crippen molar-refractivity contribution >= 4 is 0 Å². The normalized spacial score (nSPS) is 12.3. The number of rotatable bonds is 5. The number of nitrogens with one attached hydrogen (secondary N) is 1. The Morgan fingerprint density at radius 3 is 2.58 bits per heavy atom. The zero-order valence-corrected chi connectivity index (χ0v) is 10.9. The molecule has 0 unspecified atom stereocenters. The van der Waals surface area contributed by atoms with E-state index in [0.29, 0.717) is 12.2 Å². The van der Waals surface area contributed by atoms with Crippen LogP contribution in [-0.4, -0.2) is 21.8 Å². The Kier molecular flexibility index (Phi) is 4.49. The number of aliphatic hydroxyl groups is 1. The van der Waals surface area contributed by atoms with E-state index in [4.69, 9.17) is 0 Å². The minimum Gasteiger partial charge on any atom is -0.506 e. The van der Waals surface area contributed by atoms with Gasteiger partial charge in [0.25, 0.3) is 0 Å². The van der Waals surface area contributed by atoms with Gasteiger partial charge in [0.05, 0.1) is 18.3 Å². The quantitative estimate of drug-likeness (QED) is 0.766. The highest BCUT2D eigenvalue weighted by Crippen LogP contribution is 2.17. The molecule has 100 valence electrons. The molecule has 0 radical (unpaired) electrons. The van der Waals surface area contributed by atoms with Crippen LogP contribution >= 0.6 is 0 Å². The third kappa shape index (κ3) is 3.53. The first kappa shape index (κ1) is 13.5. The van der Waals surface area contributed by atoms with Gasteiger partial charge in [-0.2, -0.15) is 0 Å². The fourth-order valence-corrected chi connectivity index (χ4v) is 1.93. The maximum Gasteiger partial charge on any atom is 0.138 e. The predicted octanol–water partition coefficient (Wildman–Crippen LogP) is 1.92. The maximum atomic E-state index is 9.73. The van der Waals surface area contributed by atoms with Crippen LogP contribution in [0.15, 0.2) is 42.5 Å². The number of hydrogen-bond donors (Lipinski definition) is 3. The smallest absolute Gasteiger partial charge is 0.138 e. The molecule has 1 heterocycles. The molecule has 2 rings (SSSR count). The molecule has 1 atom stereocenters. The van der Waals surface area contributed by atoms with E-state index in [1.165, 1.54) is 0 Å². The molecule has 0 spiro atoms. The number of nitrogens with zero attached hydrogens (tertiary/aromatic N) is 1. The van der Waals surface area contributed by atoms with Crippen molar-refractivity contribution < 1.29 is 10.2 Å². The molecule has 4 heteroatoms. The lowest BCUT2D eigenvalue weighted by atomic mass is 10.1. The van der Waals surface area contributed by atoms with Crippen molar-refractivity contribution in [3.05, 3.63) is 59.4 Å². The van der Waals surface area contributed by atoms with Crippen LogP contribution in [0.2, 0.25) is 0 Å². The van der Waals surface area contributed by atoms with Gasteiger partial charge in [0.1, 0.15) is 5.75 Å². The fraction of sp³-hybridized carbons (Fsp3) is 0.267. The van der Waals surface area contributed by atoms with Crippen molar-refractivity contribution in [2.75, 3.05) is 6.61 Å². The van der Waals surface area contributed by atoms with E-state index in [9.17, 15) is 10.2 Å². The lowest BCUT2D eigenvalue weighted by Crippen LogP contribution is -2.24. The minimum atomic E-state index is -0.164. The Morgan fingerprint density at radius 2 is 1.89 bits per heavy atom. The van der Waals surface area contributed by atoms with E-state index < -0.39 is 0 Å². The van der Waals surface area contributed by atoms with Crippen LogP contribution in [0.3, 0.4) is 0 Å². The summed E-state index contributed by atoms with van der Waals surface area (Å²) in [5.41, 5.74) is 2.46. The zero-order valence-electron chi connectivity index (χ0n) is 10.9.